The van der Waals surface area contributed by atoms with Gasteiger partial charge in [0.25, 0.3) is 5.91 Å². The van der Waals surface area contributed by atoms with E-state index in [4.69, 9.17) is 9.47 Å². The zero-order chi connectivity index (χ0) is 18.5. The molecule has 0 N–H and O–H groups in total. The molecule has 4 heteroatoms. The number of fused-ring (bicyclic) bond motifs is 1. The highest BCUT2D eigenvalue weighted by Crippen LogP contribution is 2.22. The lowest BCUT2D eigenvalue weighted by Gasteiger charge is -2.18. The molecule has 0 saturated heterocycles. The van der Waals surface area contributed by atoms with Crippen LogP contribution in [0.25, 0.3) is 10.8 Å². The van der Waals surface area contributed by atoms with E-state index < -0.39 is 0 Å². The van der Waals surface area contributed by atoms with Crippen LogP contribution in [0, 0.1) is 6.92 Å². The van der Waals surface area contributed by atoms with Crippen molar-refractivity contribution in [2.24, 2.45) is 0 Å². The molecule has 0 aliphatic heterocycles. The summed E-state index contributed by atoms with van der Waals surface area (Å²) in [7, 11) is 3.46. The first-order valence-corrected chi connectivity index (χ1v) is 8.56. The van der Waals surface area contributed by atoms with Gasteiger partial charge in [0, 0.05) is 13.6 Å². The standard InChI is InChI=1S/C22H23NO3/c1-16-6-4-5-7-21(16)26-15-22(24)23(2)14-17-8-9-19-13-20(25-3)11-10-18(19)12-17/h4-13H,14-15H2,1-3H3. The summed E-state index contributed by atoms with van der Waals surface area (Å²) < 4.78 is 10.9. The average Bonchev–Trinajstić information content (AvgIpc) is 2.66. The number of aryl methyl sites for hydroxylation is 1. The highest BCUT2D eigenvalue weighted by molar-refractivity contribution is 5.84. The second-order valence-corrected chi connectivity index (χ2v) is 6.35. The van der Waals surface area contributed by atoms with E-state index in [0.717, 1.165) is 33.4 Å². The van der Waals surface area contributed by atoms with Gasteiger partial charge in [-0.25, -0.2) is 0 Å². The normalized spacial score (nSPS) is 10.6. The lowest BCUT2D eigenvalue weighted by molar-refractivity contribution is -0.132. The summed E-state index contributed by atoms with van der Waals surface area (Å²) in [6.07, 6.45) is 0. The molecule has 0 bridgehead atoms. The molecular weight excluding hydrogens is 326 g/mol. The zero-order valence-corrected chi connectivity index (χ0v) is 15.4. The molecule has 4 nitrogen and oxygen atoms in total. The van der Waals surface area contributed by atoms with Gasteiger partial charge in [-0.2, -0.15) is 0 Å². The third kappa shape index (κ3) is 4.14. The summed E-state index contributed by atoms with van der Waals surface area (Å²) in [6.45, 7) is 2.54. The van der Waals surface area contributed by atoms with Gasteiger partial charge in [-0.1, -0.05) is 36.4 Å². The van der Waals surface area contributed by atoms with Crippen molar-refractivity contribution >= 4 is 16.7 Å². The minimum atomic E-state index is -0.0527. The third-order valence-corrected chi connectivity index (χ3v) is 4.40. The van der Waals surface area contributed by atoms with Gasteiger partial charge in [0.05, 0.1) is 7.11 Å². The van der Waals surface area contributed by atoms with Crippen molar-refractivity contribution in [1.29, 1.82) is 0 Å². The Labute approximate surface area is 154 Å². The molecule has 0 heterocycles. The average molecular weight is 349 g/mol. The Kier molecular flexibility index (Phi) is 5.42. The first-order chi connectivity index (χ1) is 12.6. The summed E-state index contributed by atoms with van der Waals surface area (Å²) in [4.78, 5) is 14.0. The van der Waals surface area contributed by atoms with Crippen molar-refractivity contribution in [2.75, 3.05) is 20.8 Å². The molecule has 0 saturated carbocycles. The fourth-order valence-electron chi connectivity index (χ4n) is 2.83. The molecule has 0 unspecified atom stereocenters. The molecule has 134 valence electrons. The number of amides is 1. The third-order valence-electron chi connectivity index (χ3n) is 4.40. The first-order valence-electron chi connectivity index (χ1n) is 8.56. The minimum absolute atomic E-state index is 0.0339. The van der Waals surface area contributed by atoms with Gasteiger partial charge in [0.1, 0.15) is 11.5 Å². The van der Waals surface area contributed by atoms with Gasteiger partial charge in [-0.3, -0.25) is 4.79 Å². The highest BCUT2D eigenvalue weighted by atomic mass is 16.5. The first kappa shape index (κ1) is 17.8. The number of methoxy groups -OCH3 is 1. The summed E-state index contributed by atoms with van der Waals surface area (Å²) >= 11 is 0. The van der Waals surface area contributed by atoms with E-state index in [9.17, 15) is 4.79 Å². The second-order valence-electron chi connectivity index (χ2n) is 6.35. The van der Waals surface area contributed by atoms with E-state index in [2.05, 4.69) is 12.1 Å². The number of carbonyl (C=O) groups is 1. The highest BCUT2D eigenvalue weighted by Gasteiger charge is 2.11. The van der Waals surface area contributed by atoms with E-state index in [0.29, 0.717) is 6.54 Å². The number of likely N-dealkylation sites (N-methyl/N-ethyl adjacent to an activating group) is 1. The van der Waals surface area contributed by atoms with E-state index in [1.807, 2.05) is 55.5 Å². The molecule has 0 radical (unpaired) electrons. The number of para-hydroxylation sites is 1. The number of ether oxygens (including phenoxy) is 2. The number of hydrogen-bond donors (Lipinski definition) is 0. The number of carbonyl (C=O) groups excluding carboxylic acids is 1. The maximum absolute atomic E-state index is 12.4. The maximum Gasteiger partial charge on any atom is 0.260 e. The van der Waals surface area contributed by atoms with Crippen molar-refractivity contribution < 1.29 is 14.3 Å². The Morgan fingerprint density at radius 1 is 1.00 bits per heavy atom. The Morgan fingerprint density at radius 3 is 2.50 bits per heavy atom. The van der Waals surface area contributed by atoms with Crippen LogP contribution in [-0.4, -0.2) is 31.6 Å². The van der Waals surface area contributed by atoms with Gasteiger partial charge >= 0.3 is 0 Å². The molecule has 0 aromatic heterocycles. The summed E-state index contributed by atoms with van der Waals surface area (Å²) in [5.41, 5.74) is 2.10. The van der Waals surface area contributed by atoms with Crippen LogP contribution < -0.4 is 9.47 Å². The molecule has 0 atom stereocenters. The van der Waals surface area contributed by atoms with E-state index in [1.165, 1.54) is 0 Å². The van der Waals surface area contributed by atoms with Gasteiger partial charge in [0.15, 0.2) is 6.61 Å². The molecule has 1 amide bonds. The second kappa shape index (κ2) is 7.91. The monoisotopic (exact) mass is 349 g/mol. The Bertz CT molecular complexity index is 920. The molecule has 3 rings (SSSR count). The SMILES string of the molecule is COc1ccc2cc(CN(C)C(=O)COc3ccccc3C)ccc2c1. The van der Waals surface area contributed by atoms with Crippen molar-refractivity contribution in [3.05, 3.63) is 71.8 Å². The predicted octanol–water partition coefficient (Wildman–Crippen LogP) is 4.19. The maximum atomic E-state index is 12.4. The molecule has 0 aliphatic rings. The predicted molar refractivity (Wildman–Crippen MR) is 104 cm³/mol. The summed E-state index contributed by atoms with van der Waals surface area (Å²) in [6, 6.07) is 19.9. The van der Waals surface area contributed by atoms with Crippen LogP contribution in [0.15, 0.2) is 60.7 Å². The van der Waals surface area contributed by atoms with E-state index in [-0.39, 0.29) is 12.5 Å². The van der Waals surface area contributed by atoms with Gasteiger partial charge in [-0.15, -0.1) is 0 Å². The zero-order valence-electron chi connectivity index (χ0n) is 15.4. The fourth-order valence-corrected chi connectivity index (χ4v) is 2.83. The van der Waals surface area contributed by atoms with Gasteiger partial charge in [-0.05, 0) is 53.1 Å². The number of benzene rings is 3. The van der Waals surface area contributed by atoms with Crippen LogP contribution in [0.4, 0.5) is 0 Å². The van der Waals surface area contributed by atoms with Crippen LogP contribution in [0.5, 0.6) is 11.5 Å². The molecule has 0 aliphatic carbocycles. The van der Waals surface area contributed by atoms with Crippen LogP contribution in [-0.2, 0) is 11.3 Å². The number of rotatable bonds is 6. The Hall–Kier alpha value is -3.01. The topological polar surface area (TPSA) is 38.8 Å². The largest absolute Gasteiger partial charge is 0.497 e. The Balaban J connectivity index is 1.63. The van der Waals surface area contributed by atoms with Crippen LogP contribution in [0.2, 0.25) is 0 Å². The van der Waals surface area contributed by atoms with Crippen LogP contribution >= 0.6 is 0 Å². The molecule has 3 aromatic carbocycles. The number of nitrogens with zero attached hydrogens (tertiary/aromatic N) is 1. The number of hydrogen-bond acceptors (Lipinski definition) is 3. The molecule has 0 spiro atoms. The van der Waals surface area contributed by atoms with Crippen molar-refractivity contribution in [2.45, 2.75) is 13.5 Å². The molecular formula is C22H23NO3. The lowest BCUT2D eigenvalue weighted by Crippen LogP contribution is -2.31. The summed E-state index contributed by atoms with van der Waals surface area (Å²) in [5, 5.41) is 2.24. The van der Waals surface area contributed by atoms with E-state index in [1.54, 1.807) is 19.1 Å². The Morgan fingerprint density at radius 2 is 1.73 bits per heavy atom. The fraction of sp³-hybridized carbons (Fsp3) is 0.227. The van der Waals surface area contributed by atoms with E-state index >= 15 is 0 Å². The van der Waals surface area contributed by atoms with Crippen molar-refractivity contribution in [3.8, 4) is 11.5 Å². The van der Waals surface area contributed by atoms with Crippen LogP contribution in [0.3, 0.4) is 0 Å². The quantitative estimate of drug-likeness (QED) is 0.670. The van der Waals surface area contributed by atoms with Crippen molar-refractivity contribution in [3.63, 3.8) is 0 Å². The minimum Gasteiger partial charge on any atom is -0.497 e. The van der Waals surface area contributed by atoms with Gasteiger partial charge < -0.3 is 14.4 Å². The molecule has 3 aromatic rings. The lowest BCUT2D eigenvalue weighted by atomic mass is 10.1. The summed E-state index contributed by atoms with van der Waals surface area (Å²) in [5.74, 6) is 1.53. The molecule has 26 heavy (non-hydrogen) atoms. The van der Waals surface area contributed by atoms with Crippen LogP contribution in [0.1, 0.15) is 11.1 Å². The van der Waals surface area contributed by atoms with Crippen molar-refractivity contribution in [1.82, 2.24) is 4.90 Å². The smallest absolute Gasteiger partial charge is 0.260 e. The van der Waals surface area contributed by atoms with Gasteiger partial charge in [0.2, 0.25) is 0 Å². The molecule has 0 fully saturated rings.